The molecule has 1 aromatic rings. The molecule has 1 saturated carbocycles. The highest BCUT2D eigenvalue weighted by Gasteiger charge is 2.36. The lowest BCUT2D eigenvalue weighted by Gasteiger charge is -2.27. The number of fused-ring (bicyclic) bond motifs is 1. The van der Waals surface area contributed by atoms with Crippen molar-refractivity contribution in [2.45, 2.75) is 45.6 Å². The van der Waals surface area contributed by atoms with Gasteiger partial charge in [-0.3, -0.25) is 15.0 Å². The van der Waals surface area contributed by atoms with Gasteiger partial charge in [0.15, 0.2) is 0 Å². The fourth-order valence-electron chi connectivity index (χ4n) is 3.23. The average Bonchev–Trinajstić information content (AvgIpc) is 3.16. The van der Waals surface area contributed by atoms with E-state index in [1.165, 1.54) is 36.9 Å². The van der Waals surface area contributed by atoms with E-state index in [2.05, 4.69) is 35.1 Å². The van der Waals surface area contributed by atoms with Gasteiger partial charge in [-0.1, -0.05) is 18.9 Å². The third kappa shape index (κ3) is 3.58. The van der Waals surface area contributed by atoms with Crippen LogP contribution in [0.5, 0.6) is 0 Å². The number of nitrogens with zero attached hydrogens (tertiary/aromatic N) is 4. The second kappa shape index (κ2) is 8.42. The number of anilines is 1. The number of hydrogen-bond acceptors (Lipinski definition) is 3. The van der Waals surface area contributed by atoms with Crippen LogP contribution in [-0.4, -0.2) is 30.1 Å². The van der Waals surface area contributed by atoms with Crippen LogP contribution in [-0.2, 0) is 0 Å². The van der Waals surface area contributed by atoms with Gasteiger partial charge in [-0.05, 0) is 39.5 Å². The summed E-state index contributed by atoms with van der Waals surface area (Å²) in [5.74, 6) is 1.04. The molecule has 1 aromatic heterocycles. The lowest BCUT2D eigenvalue weighted by Crippen LogP contribution is -2.36. The number of rotatable bonds is 3. The smallest absolute Gasteiger partial charge is 0.137 e. The maximum absolute atomic E-state index is 4.72. The van der Waals surface area contributed by atoms with E-state index in [1.807, 2.05) is 31.6 Å². The minimum absolute atomic E-state index is 0.541. The van der Waals surface area contributed by atoms with Crippen molar-refractivity contribution in [1.29, 1.82) is 0 Å². The summed E-state index contributed by atoms with van der Waals surface area (Å²) in [6.07, 6.45) is 12.4. The third-order valence-electron chi connectivity index (χ3n) is 4.04. The van der Waals surface area contributed by atoms with Crippen LogP contribution < -0.4 is 4.90 Å². The highest BCUT2D eigenvalue weighted by molar-refractivity contribution is 6.35. The molecular weight excluding hydrogens is 284 g/mol. The van der Waals surface area contributed by atoms with Crippen LogP contribution in [0.2, 0.25) is 0 Å². The fraction of sp³-hybridized carbons (Fsp3) is 0.421. The maximum atomic E-state index is 4.72. The van der Waals surface area contributed by atoms with Gasteiger partial charge in [-0.2, -0.15) is 0 Å². The quantitative estimate of drug-likeness (QED) is 0.609. The summed E-state index contributed by atoms with van der Waals surface area (Å²) in [6, 6.07) is 2.59. The van der Waals surface area contributed by atoms with Gasteiger partial charge in [0.2, 0.25) is 0 Å². The summed E-state index contributed by atoms with van der Waals surface area (Å²) in [6.45, 7) is 11.7. The molecule has 3 rings (SSSR count). The van der Waals surface area contributed by atoms with Crippen molar-refractivity contribution in [3.8, 4) is 0 Å². The highest BCUT2D eigenvalue weighted by Crippen LogP contribution is 2.41. The zero-order valence-corrected chi connectivity index (χ0v) is 14.2. The highest BCUT2D eigenvalue weighted by atomic mass is 15.2. The van der Waals surface area contributed by atoms with Crippen molar-refractivity contribution in [1.82, 2.24) is 4.98 Å². The van der Waals surface area contributed by atoms with Gasteiger partial charge in [0, 0.05) is 36.1 Å². The molecule has 1 fully saturated rings. The van der Waals surface area contributed by atoms with Crippen LogP contribution in [0.3, 0.4) is 0 Å². The number of hydrogen-bond donors (Lipinski definition) is 0. The number of allylic oxidation sites excluding steroid dienone is 1. The topological polar surface area (TPSA) is 40.9 Å². The molecule has 1 aliphatic heterocycles. The maximum Gasteiger partial charge on any atom is 0.137 e. The molecule has 0 spiro atoms. The zero-order chi connectivity index (χ0) is 16.7. The first-order valence-electron chi connectivity index (χ1n) is 8.29. The molecular formula is C19H26N4. The Balaban J connectivity index is 0.000000595. The standard InChI is InChI=1S/C16H20N4.C3H6/c1-3-19-16-14(10-17-2)13-8-9-18-11-15(13)20(16)12-6-4-5-7-12;1-3-2/h8-12H,2-7H2,1H3;3H,1H2,2H3/b14-10-,19-16?;. The summed E-state index contributed by atoms with van der Waals surface area (Å²) in [5.41, 5.74) is 3.42. The van der Waals surface area contributed by atoms with E-state index in [1.54, 1.807) is 6.08 Å². The number of amidine groups is 1. The van der Waals surface area contributed by atoms with Crippen LogP contribution in [0, 0.1) is 0 Å². The van der Waals surface area contributed by atoms with E-state index in [0.717, 1.165) is 18.0 Å². The molecule has 0 unspecified atom stereocenters. The Kier molecular flexibility index (Phi) is 6.27. The number of aliphatic imine (C=N–C) groups is 2. The molecule has 1 aliphatic carbocycles. The van der Waals surface area contributed by atoms with E-state index in [0.29, 0.717) is 6.04 Å². The minimum Gasteiger partial charge on any atom is -0.321 e. The second-order valence-electron chi connectivity index (χ2n) is 5.63. The van der Waals surface area contributed by atoms with Gasteiger partial charge in [-0.15, -0.1) is 6.58 Å². The van der Waals surface area contributed by atoms with Crippen molar-refractivity contribution < 1.29 is 0 Å². The lowest BCUT2D eigenvalue weighted by atomic mass is 10.1. The summed E-state index contributed by atoms with van der Waals surface area (Å²) in [4.78, 5) is 15.4. The Bertz CT molecular complexity index is 610. The Hall–Kier alpha value is -2.23. The Labute approximate surface area is 139 Å². The molecule has 0 radical (unpaired) electrons. The van der Waals surface area contributed by atoms with Gasteiger partial charge in [-0.25, -0.2) is 0 Å². The predicted molar refractivity (Wildman–Crippen MR) is 100 cm³/mol. The average molecular weight is 310 g/mol. The van der Waals surface area contributed by atoms with Crippen LogP contribution in [0.1, 0.15) is 45.1 Å². The molecule has 0 atom stereocenters. The van der Waals surface area contributed by atoms with Crippen molar-refractivity contribution in [3.05, 3.63) is 42.9 Å². The Morgan fingerprint density at radius 2 is 2.09 bits per heavy atom. The van der Waals surface area contributed by atoms with Crippen molar-refractivity contribution in [2.75, 3.05) is 11.4 Å². The Morgan fingerprint density at radius 3 is 2.70 bits per heavy atom. The summed E-state index contributed by atoms with van der Waals surface area (Å²) in [7, 11) is 0. The van der Waals surface area contributed by atoms with Crippen LogP contribution in [0.4, 0.5) is 5.69 Å². The first kappa shape index (κ1) is 17.1. The molecule has 0 N–H and O–H groups in total. The van der Waals surface area contributed by atoms with Crippen LogP contribution >= 0.6 is 0 Å². The molecule has 2 heterocycles. The van der Waals surface area contributed by atoms with Gasteiger partial charge in [0.05, 0.1) is 11.9 Å². The first-order valence-corrected chi connectivity index (χ1v) is 8.29. The van der Waals surface area contributed by atoms with Gasteiger partial charge in [0.1, 0.15) is 5.84 Å². The summed E-state index contributed by atoms with van der Waals surface area (Å²) >= 11 is 0. The van der Waals surface area contributed by atoms with E-state index in [4.69, 9.17) is 4.99 Å². The molecule has 23 heavy (non-hydrogen) atoms. The van der Waals surface area contributed by atoms with Crippen LogP contribution in [0.15, 0.2) is 47.3 Å². The molecule has 0 amide bonds. The molecule has 4 nitrogen and oxygen atoms in total. The van der Waals surface area contributed by atoms with Gasteiger partial charge < -0.3 is 4.90 Å². The largest absolute Gasteiger partial charge is 0.321 e. The zero-order valence-electron chi connectivity index (χ0n) is 14.2. The van der Waals surface area contributed by atoms with Gasteiger partial charge >= 0.3 is 0 Å². The molecule has 2 aliphatic rings. The monoisotopic (exact) mass is 310 g/mol. The first-order chi connectivity index (χ1) is 11.3. The SMILES string of the molecule is C=CC.C=N/C=C1\C(=NCC)N(C2CCCC2)c2cnccc21. The van der Waals surface area contributed by atoms with E-state index in [-0.39, 0.29) is 0 Å². The normalized spacial score (nSPS) is 20.3. The van der Waals surface area contributed by atoms with Crippen molar-refractivity contribution in [2.24, 2.45) is 9.98 Å². The van der Waals surface area contributed by atoms with E-state index in [9.17, 15) is 0 Å². The third-order valence-corrected chi connectivity index (χ3v) is 4.04. The minimum atomic E-state index is 0.541. The predicted octanol–water partition coefficient (Wildman–Crippen LogP) is 4.50. The second-order valence-corrected chi connectivity index (χ2v) is 5.63. The van der Waals surface area contributed by atoms with Gasteiger partial charge in [0.25, 0.3) is 0 Å². The van der Waals surface area contributed by atoms with Crippen molar-refractivity contribution in [3.63, 3.8) is 0 Å². The molecule has 4 heteroatoms. The molecule has 122 valence electrons. The summed E-state index contributed by atoms with van der Waals surface area (Å²) < 4.78 is 0. The number of pyridine rings is 1. The van der Waals surface area contributed by atoms with E-state index < -0.39 is 0 Å². The fourth-order valence-corrected chi connectivity index (χ4v) is 3.23. The Morgan fingerprint density at radius 1 is 1.39 bits per heavy atom. The molecule has 0 bridgehead atoms. The summed E-state index contributed by atoms with van der Waals surface area (Å²) in [5, 5.41) is 0. The lowest BCUT2D eigenvalue weighted by molar-refractivity contribution is 0.692. The van der Waals surface area contributed by atoms with Crippen LogP contribution in [0.25, 0.3) is 5.57 Å². The number of aromatic nitrogens is 1. The van der Waals surface area contributed by atoms with Crippen molar-refractivity contribution >= 4 is 23.8 Å². The molecule has 0 aromatic carbocycles. The molecule has 0 saturated heterocycles. The van der Waals surface area contributed by atoms with E-state index >= 15 is 0 Å².